The highest BCUT2D eigenvalue weighted by Crippen LogP contribution is 2.44. The van der Waals surface area contributed by atoms with Crippen LogP contribution in [0.1, 0.15) is 20.8 Å². The van der Waals surface area contributed by atoms with E-state index in [-0.39, 0.29) is 0 Å². The predicted molar refractivity (Wildman–Crippen MR) is 36.7 cm³/mol. The standard InChI is InChI=1S/C7H11F5O/c1-4-13-6(9,5(2,3)8)7(10,11)12/h4H2,1-3H3. The molecule has 0 aliphatic rings. The molecule has 0 saturated heterocycles. The molecule has 0 bridgehead atoms. The van der Waals surface area contributed by atoms with Crippen LogP contribution in [0.2, 0.25) is 0 Å². The van der Waals surface area contributed by atoms with Gasteiger partial charge in [0.1, 0.15) is 0 Å². The van der Waals surface area contributed by atoms with E-state index in [1.54, 1.807) is 0 Å². The van der Waals surface area contributed by atoms with Crippen molar-refractivity contribution in [3.05, 3.63) is 0 Å². The fourth-order valence-electron chi connectivity index (χ4n) is 0.789. The van der Waals surface area contributed by atoms with Gasteiger partial charge < -0.3 is 4.74 Å². The summed E-state index contributed by atoms with van der Waals surface area (Å²) in [6.45, 7) is 1.57. The molecule has 0 aliphatic carbocycles. The molecule has 0 N–H and O–H groups in total. The SMILES string of the molecule is CCOC(F)(C(C)(C)F)C(F)(F)F. The minimum atomic E-state index is -5.37. The van der Waals surface area contributed by atoms with Crippen LogP contribution in [0.5, 0.6) is 0 Å². The number of rotatable bonds is 3. The fourth-order valence-corrected chi connectivity index (χ4v) is 0.789. The summed E-state index contributed by atoms with van der Waals surface area (Å²) in [7, 11) is 0. The lowest BCUT2D eigenvalue weighted by atomic mass is 10.0. The van der Waals surface area contributed by atoms with Crippen LogP contribution in [0, 0.1) is 0 Å². The monoisotopic (exact) mass is 206 g/mol. The van der Waals surface area contributed by atoms with E-state index in [1.807, 2.05) is 0 Å². The summed E-state index contributed by atoms with van der Waals surface area (Å²) in [5.41, 5.74) is -3.12. The van der Waals surface area contributed by atoms with E-state index in [0.29, 0.717) is 13.8 Å². The molecule has 1 unspecified atom stereocenters. The Labute approximate surface area is 72.9 Å². The second-order valence-electron chi connectivity index (χ2n) is 3.00. The Bertz CT molecular complexity index is 155. The Morgan fingerprint density at radius 2 is 1.38 bits per heavy atom. The summed E-state index contributed by atoms with van der Waals surface area (Å²) in [5.74, 6) is -4.24. The first-order chi connectivity index (χ1) is 5.56. The van der Waals surface area contributed by atoms with Gasteiger partial charge in [-0.05, 0) is 20.8 Å². The van der Waals surface area contributed by atoms with Gasteiger partial charge in [-0.1, -0.05) is 0 Å². The zero-order chi connectivity index (χ0) is 10.9. The van der Waals surface area contributed by atoms with E-state index in [4.69, 9.17) is 0 Å². The maximum atomic E-state index is 13.1. The molecular weight excluding hydrogens is 195 g/mol. The van der Waals surface area contributed by atoms with E-state index in [0.717, 1.165) is 6.92 Å². The van der Waals surface area contributed by atoms with Crippen LogP contribution in [0.4, 0.5) is 22.0 Å². The third kappa shape index (κ3) is 2.30. The molecule has 0 amide bonds. The van der Waals surface area contributed by atoms with E-state index >= 15 is 0 Å². The van der Waals surface area contributed by atoms with Crippen molar-refractivity contribution >= 4 is 0 Å². The maximum Gasteiger partial charge on any atom is 0.451 e. The van der Waals surface area contributed by atoms with Crippen molar-refractivity contribution in [2.24, 2.45) is 0 Å². The zero-order valence-corrected chi connectivity index (χ0v) is 7.51. The van der Waals surface area contributed by atoms with Gasteiger partial charge in [0.25, 0.3) is 0 Å². The number of hydrogen-bond acceptors (Lipinski definition) is 1. The van der Waals surface area contributed by atoms with Crippen molar-refractivity contribution in [1.82, 2.24) is 0 Å². The molecule has 0 rings (SSSR count). The number of ether oxygens (including phenoxy) is 1. The minimum absolute atomic E-state index is 0.482. The molecule has 0 radical (unpaired) electrons. The van der Waals surface area contributed by atoms with Crippen LogP contribution in [0.15, 0.2) is 0 Å². The largest absolute Gasteiger partial charge is 0.451 e. The van der Waals surface area contributed by atoms with Gasteiger partial charge in [0.15, 0.2) is 5.67 Å². The van der Waals surface area contributed by atoms with Crippen LogP contribution in [-0.4, -0.2) is 24.3 Å². The quantitative estimate of drug-likeness (QED) is 0.645. The van der Waals surface area contributed by atoms with Gasteiger partial charge in [0.05, 0.1) is 0 Å². The molecular formula is C7H11F5O. The summed E-state index contributed by atoms with van der Waals surface area (Å²) < 4.78 is 65.9. The van der Waals surface area contributed by atoms with E-state index in [2.05, 4.69) is 4.74 Å². The van der Waals surface area contributed by atoms with Gasteiger partial charge in [-0.25, -0.2) is 4.39 Å². The van der Waals surface area contributed by atoms with E-state index in [9.17, 15) is 22.0 Å². The van der Waals surface area contributed by atoms with Gasteiger partial charge in [-0.2, -0.15) is 17.6 Å². The van der Waals surface area contributed by atoms with Crippen molar-refractivity contribution in [3.8, 4) is 0 Å². The molecule has 0 heterocycles. The fraction of sp³-hybridized carbons (Fsp3) is 1.00. The first-order valence-corrected chi connectivity index (χ1v) is 3.64. The van der Waals surface area contributed by atoms with Gasteiger partial charge in [0.2, 0.25) is 0 Å². The molecule has 80 valence electrons. The molecule has 0 aromatic rings. The smallest absolute Gasteiger partial charge is 0.337 e. The number of alkyl halides is 5. The average Bonchev–Trinajstić information content (AvgIpc) is 1.82. The molecule has 0 saturated carbocycles. The molecule has 0 aliphatic heterocycles. The summed E-state index contributed by atoms with van der Waals surface area (Å²) in [6.07, 6.45) is -5.37. The summed E-state index contributed by atoms with van der Waals surface area (Å²) in [4.78, 5) is 0. The van der Waals surface area contributed by atoms with Crippen LogP contribution < -0.4 is 0 Å². The number of hydrogen-bond donors (Lipinski definition) is 0. The second-order valence-corrected chi connectivity index (χ2v) is 3.00. The van der Waals surface area contributed by atoms with Crippen molar-refractivity contribution in [2.45, 2.75) is 38.5 Å². The molecule has 0 fully saturated rings. The molecule has 6 heteroatoms. The Balaban J connectivity index is 4.96. The van der Waals surface area contributed by atoms with E-state index < -0.39 is 24.3 Å². The number of halogens is 5. The van der Waals surface area contributed by atoms with Gasteiger partial charge in [-0.3, -0.25) is 0 Å². The summed E-state index contributed by atoms with van der Waals surface area (Å²) in [6, 6.07) is 0. The highest BCUT2D eigenvalue weighted by molar-refractivity contribution is 4.93. The van der Waals surface area contributed by atoms with Crippen LogP contribution >= 0.6 is 0 Å². The Hall–Kier alpha value is -0.390. The molecule has 0 spiro atoms. The summed E-state index contributed by atoms with van der Waals surface area (Å²) >= 11 is 0. The average molecular weight is 206 g/mol. The first kappa shape index (κ1) is 12.6. The molecule has 1 nitrogen and oxygen atoms in total. The summed E-state index contributed by atoms with van der Waals surface area (Å²) in [5, 5.41) is 0. The van der Waals surface area contributed by atoms with Crippen molar-refractivity contribution in [2.75, 3.05) is 6.61 Å². The Morgan fingerprint density at radius 1 is 1.00 bits per heavy atom. The Morgan fingerprint density at radius 3 is 1.46 bits per heavy atom. The third-order valence-electron chi connectivity index (χ3n) is 1.47. The molecule has 0 aromatic carbocycles. The highest BCUT2D eigenvalue weighted by Gasteiger charge is 2.67. The molecule has 0 aromatic heterocycles. The highest BCUT2D eigenvalue weighted by atomic mass is 19.4. The zero-order valence-electron chi connectivity index (χ0n) is 7.51. The van der Waals surface area contributed by atoms with Crippen molar-refractivity contribution < 1.29 is 26.7 Å². The third-order valence-corrected chi connectivity index (χ3v) is 1.47. The predicted octanol–water partition coefficient (Wildman–Crippen LogP) is 3.00. The maximum absolute atomic E-state index is 13.1. The first-order valence-electron chi connectivity index (χ1n) is 3.64. The van der Waals surface area contributed by atoms with E-state index in [1.165, 1.54) is 0 Å². The van der Waals surface area contributed by atoms with Crippen LogP contribution in [0.3, 0.4) is 0 Å². The Kier molecular flexibility index (Phi) is 3.30. The normalized spacial score (nSPS) is 18.5. The lowest BCUT2D eigenvalue weighted by Crippen LogP contribution is -2.56. The lowest BCUT2D eigenvalue weighted by Gasteiger charge is -2.34. The molecule has 13 heavy (non-hydrogen) atoms. The van der Waals surface area contributed by atoms with Gasteiger partial charge >= 0.3 is 12.0 Å². The van der Waals surface area contributed by atoms with Crippen LogP contribution in [-0.2, 0) is 4.74 Å². The lowest BCUT2D eigenvalue weighted by molar-refractivity contribution is -0.369. The van der Waals surface area contributed by atoms with Gasteiger partial charge in [0, 0.05) is 6.61 Å². The van der Waals surface area contributed by atoms with Gasteiger partial charge in [-0.15, -0.1) is 0 Å². The van der Waals surface area contributed by atoms with Crippen molar-refractivity contribution in [1.29, 1.82) is 0 Å². The molecule has 1 atom stereocenters. The van der Waals surface area contributed by atoms with Crippen molar-refractivity contribution in [3.63, 3.8) is 0 Å². The topological polar surface area (TPSA) is 9.23 Å². The van der Waals surface area contributed by atoms with Crippen LogP contribution in [0.25, 0.3) is 0 Å². The second kappa shape index (κ2) is 3.40. The minimum Gasteiger partial charge on any atom is -0.337 e.